The second-order valence-corrected chi connectivity index (χ2v) is 17.2. The number of anilines is 3. The molecule has 314 valence electrons. The van der Waals surface area contributed by atoms with Crippen molar-refractivity contribution in [2.24, 2.45) is 0 Å². The van der Waals surface area contributed by atoms with Crippen molar-refractivity contribution in [3.63, 3.8) is 0 Å². The van der Waals surface area contributed by atoms with Crippen molar-refractivity contribution in [1.29, 1.82) is 0 Å². The van der Waals surface area contributed by atoms with Gasteiger partial charge < -0.3 is 4.90 Å². The van der Waals surface area contributed by atoms with Crippen LogP contribution in [0.1, 0.15) is 0 Å². The van der Waals surface area contributed by atoms with Crippen LogP contribution in [-0.2, 0) is 0 Å². The van der Waals surface area contributed by atoms with Crippen LogP contribution in [0.25, 0.3) is 99.1 Å². The minimum atomic E-state index is 1.07. The van der Waals surface area contributed by atoms with Crippen LogP contribution in [-0.4, -0.2) is 0 Å². The van der Waals surface area contributed by atoms with E-state index in [0.717, 1.165) is 17.1 Å². The van der Waals surface area contributed by atoms with Gasteiger partial charge in [-0.2, -0.15) is 0 Å². The lowest BCUT2D eigenvalue weighted by atomic mass is 9.87. The van der Waals surface area contributed by atoms with Gasteiger partial charge in [-0.15, -0.1) is 0 Å². The molecule has 0 fully saturated rings. The van der Waals surface area contributed by atoms with Gasteiger partial charge in [-0.25, -0.2) is 0 Å². The average molecular weight is 852 g/mol. The first-order chi connectivity index (χ1) is 33.2. The second-order valence-electron chi connectivity index (χ2n) is 17.2. The monoisotopic (exact) mass is 851 g/mol. The Kier molecular flexibility index (Phi) is 10.3. The van der Waals surface area contributed by atoms with E-state index in [1.807, 2.05) is 0 Å². The fraction of sp³-hybridized carbons (Fsp3) is 0. The topological polar surface area (TPSA) is 3.24 Å². The Hall–Kier alpha value is -8.78. The Morgan fingerprint density at radius 1 is 0.209 bits per heavy atom. The van der Waals surface area contributed by atoms with Crippen LogP contribution in [0.5, 0.6) is 0 Å². The molecule has 0 bridgehead atoms. The normalized spacial score (nSPS) is 11.3. The number of rotatable bonds is 9. The number of hydrogen-bond acceptors (Lipinski definition) is 1. The summed E-state index contributed by atoms with van der Waals surface area (Å²) < 4.78 is 0. The molecule has 0 unspecified atom stereocenters. The lowest BCUT2D eigenvalue weighted by molar-refractivity contribution is 1.28. The fourth-order valence-electron chi connectivity index (χ4n) is 9.98. The highest BCUT2D eigenvalue weighted by molar-refractivity contribution is 6.08. The first-order valence-electron chi connectivity index (χ1n) is 23.1. The van der Waals surface area contributed by atoms with Crippen molar-refractivity contribution < 1.29 is 0 Å². The maximum Gasteiger partial charge on any atom is 0.0546 e. The number of hydrogen-bond donors (Lipinski definition) is 0. The molecule has 0 saturated heterocycles. The standard InChI is InChI=1S/C66H45N/c1-3-15-49(16-4-1)61-24-11-12-25-64(61)66-63(51-17-5-2-6-18-51)27-14-28-65(66)67(57-42-37-48(38-43-57)54-39-44-62-55(45-54)34-33-52-20-8-10-23-59(52)62)56-40-35-47(36-41-56)46-29-31-53(32-30-46)60-26-13-21-50-19-7-9-22-58(50)60/h1-45H. The zero-order valence-electron chi connectivity index (χ0n) is 36.9. The third-order valence-electron chi connectivity index (χ3n) is 13.3. The summed E-state index contributed by atoms with van der Waals surface area (Å²) in [5, 5.41) is 7.58. The second kappa shape index (κ2) is 17.3. The van der Waals surface area contributed by atoms with Crippen LogP contribution in [0, 0.1) is 0 Å². The molecule has 67 heavy (non-hydrogen) atoms. The summed E-state index contributed by atoms with van der Waals surface area (Å²) in [5.74, 6) is 0. The first kappa shape index (κ1) is 39.8. The van der Waals surface area contributed by atoms with Gasteiger partial charge in [0, 0.05) is 16.9 Å². The molecule has 12 aromatic carbocycles. The Morgan fingerprint density at radius 2 is 0.627 bits per heavy atom. The van der Waals surface area contributed by atoms with Gasteiger partial charge in [0.15, 0.2) is 0 Å². The molecule has 0 atom stereocenters. The van der Waals surface area contributed by atoms with Crippen molar-refractivity contribution in [2.75, 3.05) is 4.90 Å². The maximum atomic E-state index is 2.44. The molecule has 1 heteroatoms. The van der Waals surface area contributed by atoms with E-state index < -0.39 is 0 Å². The average Bonchev–Trinajstić information content (AvgIpc) is 3.41. The quantitative estimate of drug-likeness (QED) is 0.131. The minimum absolute atomic E-state index is 1.07. The van der Waals surface area contributed by atoms with E-state index in [1.54, 1.807) is 0 Å². The van der Waals surface area contributed by atoms with Gasteiger partial charge in [0.25, 0.3) is 0 Å². The molecular formula is C66H45N. The number of benzene rings is 12. The van der Waals surface area contributed by atoms with E-state index in [-0.39, 0.29) is 0 Å². The van der Waals surface area contributed by atoms with Gasteiger partial charge >= 0.3 is 0 Å². The molecule has 12 aromatic rings. The van der Waals surface area contributed by atoms with Crippen LogP contribution >= 0.6 is 0 Å². The van der Waals surface area contributed by atoms with Crippen molar-refractivity contribution in [3.05, 3.63) is 273 Å². The molecule has 0 radical (unpaired) electrons. The van der Waals surface area contributed by atoms with Crippen LogP contribution in [0.4, 0.5) is 17.1 Å². The molecule has 0 spiro atoms. The van der Waals surface area contributed by atoms with Crippen LogP contribution in [0.2, 0.25) is 0 Å². The van der Waals surface area contributed by atoms with E-state index >= 15 is 0 Å². The van der Waals surface area contributed by atoms with E-state index in [2.05, 4.69) is 278 Å². The molecule has 0 heterocycles. The lowest BCUT2D eigenvalue weighted by Gasteiger charge is -2.30. The fourth-order valence-corrected chi connectivity index (χ4v) is 9.98. The van der Waals surface area contributed by atoms with E-state index in [9.17, 15) is 0 Å². The molecule has 12 rings (SSSR count). The largest absolute Gasteiger partial charge is 0.310 e. The molecule has 0 saturated carbocycles. The first-order valence-corrected chi connectivity index (χ1v) is 23.1. The summed E-state index contributed by atoms with van der Waals surface area (Å²) in [6, 6.07) is 99.5. The van der Waals surface area contributed by atoms with Crippen molar-refractivity contribution in [2.45, 2.75) is 0 Å². The van der Waals surface area contributed by atoms with Gasteiger partial charge in [-0.3, -0.25) is 0 Å². The van der Waals surface area contributed by atoms with Crippen LogP contribution < -0.4 is 4.90 Å². The molecule has 0 aromatic heterocycles. The zero-order valence-corrected chi connectivity index (χ0v) is 36.9. The Balaban J connectivity index is 0.994. The lowest BCUT2D eigenvalue weighted by Crippen LogP contribution is -2.12. The van der Waals surface area contributed by atoms with Crippen LogP contribution in [0.15, 0.2) is 273 Å². The summed E-state index contributed by atoms with van der Waals surface area (Å²) in [6.07, 6.45) is 0. The van der Waals surface area contributed by atoms with Gasteiger partial charge in [0.05, 0.1) is 5.69 Å². The smallest absolute Gasteiger partial charge is 0.0546 e. The van der Waals surface area contributed by atoms with Gasteiger partial charge in [-0.05, 0) is 130 Å². The third-order valence-corrected chi connectivity index (χ3v) is 13.3. The highest BCUT2D eigenvalue weighted by Crippen LogP contribution is 2.48. The van der Waals surface area contributed by atoms with Crippen LogP contribution in [0.3, 0.4) is 0 Å². The highest BCUT2D eigenvalue weighted by Gasteiger charge is 2.23. The van der Waals surface area contributed by atoms with Gasteiger partial charge in [0.1, 0.15) is 0 Å². The maximum absolute atomic E-state index is 2.44. The summed E-state index contributed by atoms with van der Waals surface area (Å²) >= 11 is 0. The van der Waals surface area contributed by atoms with E-state index in [1.165, 1.54) is 99.1 Å². The van der Waals surface area contributed by atoms with Gasteiger partial charge in [-0.1, -0.05) is 237 Å². The zero-order chi connectivity index (χ0) is 44.5. The molecule has 0 amide bonds. The molecule has 0 aliphatic rings. The molecule has 0 aliphatic heterocycles. The minimum Gasteiger partial charge on any atom is -0.310 e. The number of fused-ring (bicyclic) bond motifs is 4. The Morgan fingerprint density at radius 3 is 1.31 bits per heavy atom. The summed E-state index contributed by atoms with van der Waals surface area (Å²) in [4.78, 5) is 2.44. The predicted octanol–water partition coefficient (Wildman–Crippen LogP) is 18.6. The van der Waals surface area contributed by atoms with Gasteiger partial charge in [0.2, 0.25) is 0 Å². The SMILES string of the molecule is c1ccc(-c2ccccc2-c2c(-c3ccccc3)cccc2N(c2ccc(-c3ccc(-c4cccc5ccccc45)cc3)cc2)c2ccc(-c3ccc4c(ccc5ccccc54)c3)cc2)cc1. The Labute approximate surface area is 392 Å². The van der Waals surface area contributed by atoms with Crippen molar-refractivity contribution in [3.8, 4) is 66.8 Å². The molecular weight excluding hydrogens is 807 g/mol. The molecule has 0 N–H and O–H groups in total. The third kappa shape index (κ3) is 7.53. The summed E-state index contributed by atoms with van der Waals surface area (Å²) in [5.41, 5.74) is 17.5. The van der Waals surface area contributed by atoms with E-state index in [4.69, 9.17) is 0 Å². The molecule has 0 aliphatic carbocycles. The number of nitrogens with zero attached hydrogens (tertiary/aromatic N) is 1. The Bertz CT molecular complexity index is 3700. The summed E-state index contributed by atoms with van der Waals surface area (Å²) in [6.45, 7) is 0. The highest BCUT2D eigenvalue weighted by atomic mass is 15.1. The predicted molar refractivity (Wildman–Crippen MR) is 286 cm³/mol. The molecule has 1 nitrogen and oxygen atoms in total. The van der Waals surface area contributed by atoms with Crippen molar-refractivity contribution >= 4 is 49.4 Å². The van der Waals surface area contributed by atoms with Crippen molar-refractivity contribution in [1.82, 2.24) is 0 Å². The van der Waals surface area contributed by atoms with E-state index in [0.29, 0.717) is 0 Å². The summed E-state index contributed by atoms with van der Waals surface area (Å²) in [7, 11) is 0.